The van der Waals surface area contributed by atoms with Crippen LogP contribution in [0.5, 0.6) is 0 Å². The zero-order valence-corrected chi connectivity index (χ0v) is 11.1. The zero-order chi connectivity index (χ0) is 14.6. The molecule has 1 N–H and O–H groups in total. The molecule has 3 unspecified atom stereocenters. The summed E-state index contributed by atoms with van der Waals surface area (Å²) < 4.78 is 43.9. The van der Waals surface area contributed by atoms with E-state index in [9.17, 15) is 23.1 Å². The summed E-state index contributed by atoms with van der Waals surface area (Å²) in [5, 5.41) is 9.86. The van der Waals surface area contributed by atoms with Crippen LogP contribution in [0.15, 0.2) is 0 Å². The maximum absolute atomic E-state index is 12.9. The molecule has 1 saturated heterocycles. The average molecular weight is 281 g/mol. The molecular weight excluding hydrogens is 263 g/mol. The summed E-state index contributed by atoms with van der Waals surface area (Å²) >= 11 is 0. The molecule has 0 aromatic carbocycles. The number of rotatable bonds is 0. The maximum atomic E-state index is 12.9. The van der Waals surface area contributed by atoms with Crippen molar-refractivity contribution in [2.24, 2.45) is 5.92 Å². The number of carbonyl (C=O) groups is 1. The van der Waals surface area contributed by atoms with Gasteiger partial charge >= 0.3 is 12.3 Å². The van der Waals surface area contributed by atoms with Gasteiger partial charge in [0, 0.05) is 6.54 Å². The van der Waals surface area contributed by atoms with E-state index < -0.39 is 29.5 Å². The number of ether oxygens (including phenoxy) is 1. The molecule has 7 heteroatoms. The van der Waals surface area contributed by atoms with Gasteiger partial charge in [0.2, 0.25) is 0 Å². The molecule has 110 valence electrons. The highest BCUT2D eigenvalue weighted by Gasteiger charge is 2.68. The summed E-state index contributed by atoms with van der Waals surface area (Å²) in [5.74, 6) is -0.316. The van der Waals surface area contributed by atoms with Crippen molar-refractivity contribution in [1.82, 2.24) is 4.90 Å². The minimum atomic E-state index is -4.73. The molecular formula is C12H18F3NO3. The van der Waals surface area contributed by atoms with Gasteiger partial charge in [0.1, 0.15) is 5.60 Å². The van der Waals surface area contributed by atoms with Crippen LogP contribution < -0.4 is 0 Å². The molecule has 1 heterocycles. The molecule has 1 aliphatic heterocycles. The molecule has 1 saturated carbocycles. The summed E-state index contributed by atoms with van der Waals surface area (Å²) in [7, 11) is 0. The summed E-state index contributed by atoms with van der Waals surface area (Å²) in [5.41, 5.74) is -3.57. The van der Waals surface area contributed by atoms with Gasteiger partial charge in [-0.15, -0.1) is 0 Å². The summed E-state index contributed by atoms with van der Waals surface area (Å²) in [6.45, 7) is 5.16. The minimum Gasteiger partial charge on any atom is -0.444 e. The minimum absolute atomic E-state index is 0.176. The van der Waals surface area contributed by atoms with E-state index in [1.54, 1.807) is 20.8 Å². The fraction of sp³-hybridized carbons (Fsp3) is 0.917. The van der Waals surface area contributed by atoms with Crippen LogP contribution in [0.3, 0.4) is 0 Å². The smallest absolute Gasteiger partial charge is 0.419 e. The topological polar surface area (TPSA) is 49.8 Å². The van der Waals surface area contributed by atoms with E-state index in [1.165, 1.54) is 0 Å². The number of nitrogens with zero attached hydrogens (tertiary/aromatic N) is 1. The van der Waals surface area contributed by atoms with Crippen LogP contribution in [0.25, 0.3) is 0 Å². The van der Waals surface area contributed by atoms with Crippen molar-refractivity contribution in [2.75, 3.05) is 6.54 Å². The number of alkyl halides is 3. The molecule has 0 aromatic rings. The Bertz CT molecular complexity index is 391. The standard InChI is InChI=1S/C12H18F3NO3/c1-10(2,3)19-9(17)16-6-7-4-8(16)11(18,5-7)12(13,14)15/h7-8,18H,4-6H2,1-3H3. The Morgan fingerprint density at radius 1 is 1.37 bits per heavy atom. The third-order valence-corrected chi connectivity index (χ3v) is 3.66. The number of piperidine rings is 1. The van der Waals surface area contributed by atoms with Gasteiger partial charge in [-0.3, -0.25) is 0 Å². The second-order valence-corrected chi connectivity index (χ2v) is 6.38. The van der Waals surface area contributed by atoms with Crippen molar-refractivity contribution >= 4 is 6.09 Å². The predicted octanol–water partition coefficient (Wildman–Crippen LogP) is 2.31. The average Bonchev–Trinajstić information content (AvgIpc) is 2.70. The van der Waals surface area contributed by atoms with Crippen molar-refractivity contribution in [3.63, 3.8) is 0 Å². The van der Waals surface area contributed by atoms with E-state index in [-0.39, 0.29) is 25.3 Å². The molecule has 2 rings (SSSR count). The largest absolute Gasteiger partial charge is 0.444 e. The van der Waals surface area contributed by atoms with Crippen molar-refractivity contribution in [3.05, 3.63) is 0 Å². The first-order valence-corrected chi connectivity index (χ1v) is 6.23. The van der Waals surface area contributed by atoms with Crippen LogP contribution in [0.1, 0.15) is 33.6 Å². The van der Waals surface area contributed by atoms with Gasteiger partial charge in [-0.2, -0.15) is 13.2 Å². The number of halogens is 3. The Kier molecular flexibility index (Phi) is 3.04. The van der Waals surface area contributed by atoms with E-state index in [4.69, 9.17) is 4.74 Å². The van der Waals surface area contributed by atoms with Crippen molar-refractivity contribution < 1.29 is 27.8 Å². The first kappa shape index (κ1) is 14.4. The van der Waals surface area contributed by atoms with Gasteiger partial charge in [0.05, 0.1) is 6.04 Å². The van der Waals surface area contributed by atoms with E-state index in [0.29, 0.717) is 0 Å². The molecule has 4 nitrogen and oxygen atoms in total. The third-order valence-electron chi connectivity index (χ3n) is 3.66. The van der Waals surface area contributed by atoms with Crippen molar-refractivity contribution in [1.29, 1.82) is 0 Å². The lowest BCUT2D eigenvalue weighted by Gasteiger charge is -2.40. The van der Waals surface area contributed by atoms with E-state index in [1.807, 2.05) is 0 Å². The zero-order valence-electron chi connectivity index (χ0n) is 11.1. The van der Waals surface area contributed by atoms with Crippen LogP contribution in [0.2, 0.25) is 0 Å². The molecule has 2 bridgehead atoms. The molecule has 1 amide bonds. The van der Waals surface area contributed by atoms with E-state index in [0.717, 1.165) is 4.90 Å². The van der Waals surface area contributed by atoms with Gasteiger partial charge in [-0.25, -0.2) is 4.79 Å². The molecule has 1 aliphatic carbocycles. The lowest BCUT2D eigenvalue weighted by atomic mass is 9.92. The molecule has 0 spiro atoms. The number of aliphatic hydroxyl groups is 1. The number of hydrogen-bond donors (Lipinski definition) is 1. The molecule has 2 fully saturated rings. The number of amides is 1. The Hall–Kier alpha value is -0.980. The Morgan fingerprint density at radius 3 is 2.37 bits per heavy atom. The van der Waals surface area contributed by atoms with Crippen LogP contribution >= 0.6 is 0 Å². The fourth-order valence-electron chi connectivity index (χ4n) is 2.93. The van der Waals surface area contributed by atoms with E-state index >= 15 is 0 Å². The van der Waals surface area contributed by atoms with Crippen LogP contribution in [0, 0.1) is 5.92 Å². The lowest BCUT2D eigenvalue weighted by molar-refractivity contribution is -0.277. The normalized spacial score (nSPS) is 34.8. The second-order valence-electron chi connectivity index (χ2n) is 6.38. The summed E-state index contributed by atoms with van der Waals surface area (Å²) in [6, 6.07) is -1.23. The van der Waals surface area contributed by atoms with Crippen LogP contribution in [0.4, 0.5) is 18.0 Å². The predicted molar refractivity (Wildman–Crippen MR) is 60.5 cm³/mol. The molecule has 3 atom stereocenters. The SMILES string of the molecule is CC(C)(C)OC(=O)N1CC2CC1C(O)(C(F)(F)F)C2. The first-order chi connectivity index (χ1) is 8.44. The van der Waals surface area contributed by atoms with Crippen molar-refractivity contribution in [2.45, 2.75) is 57.0 Å². The maximum Gasteiger partial charge on any atom is 0.419 e. The number of likely N-dealkylation sites (tertiary alicyclic amines) is 1. The summed E-state index contributed by atoms with van der Waals surface area (Å²) in [4.78, 5) is 12.9. The first-order valence-electron chi connectivity index (χ1n) is 6.23. The van der Waals surface area contributed by atoms with Crippen LogP contribution in [-0.2, 0) is 4.74 Å². The summed E-state index contributed by atoms with van der Waals surface area (Å²) in [6.07, 6.45) is -5.68. The number of carbonyl (C=O) groups excluding carboxylic acids is 1. The van der Waals surface area contributed by atoms with Crippen LogP contribution in [-0.4, -0.2) is 46.1 Å². The third kappa shape index (κ3) is 2.40. The highest BCUT2D eigenvalue weighted by atomic mass is 19.4. The highest BCUT2D eigenvalue weighted by Crippen LogP contribution is 2.52. The van der Waals surface area contributed by atoms with Gasteiger partial charge < -0.3 is 14.7 Å². The van der Waals surface area contributed by atoms with Gasteiger partial charge in [0.15, 0.2) is 5.60 Å². The van der Waals surface area contributed by atoms with E-state index in [2.05, 4.69) is 0 Å². The monoisotopic (exact) mass is 281 g/mol. The highest BCUT2D eigenvalue weighted by molar-refractivity contribution is 5.69. The molecule has 19 heavy (non-hydrogen) atoms. The second kappa shape index (κ2) is 4.01. The fourth-order valence-corrected chi connectivity index (χ4v) is 2.93. The Balaban J connectivity index is 2.17. The van der Waals surface area contributed by atoms with Gasteiger partial charge in [-0.1, -0.05) is 0 Å². The van der Waals surface area contributed by atoms with Gasteiger partial charge in [0.25, 0.3) is 0 Å². The van der Waals surface area contributed by atoms with Crippen molar-refractivity contribution in [3.8, 4) is 0 Å². The molecule has 0 aromatic heterocycles. The number of hydrogen-bond acceptors (Lipinski definition) is 3. The Labute approximate surface area is 109 Å². The Morgan fingerprint density at radius 2 is 1.95 bits per heavy atom. The lowest BCUT2D eigenvalue weighted by Crippen LogP contribution is -2.60. The molecule has 0 radical (unpaired) electrons. The quantitative estimate of drug-likeness (QED) is 0.741. The number of fused-ring (bicyclic) bond motifs is 2. The molecule has 2 aliphatic rings. The van der Waals surface area contributed by atoms with Gasteiger partial charge in [-0.05, 0) is 39.5 Å².